The number of hydrogen-bond donors (Lipinski definition) is 1. The van der Waals surface area contributed by atoms with Crippen molar-refractivity contribution in [3.8, 4) is 5.75 Å². The highest BCUT2D eigenvalue weighted by atomic mass is 16.5. The first kappa shape index (κ1) is 21.2. The number of nitrogens with one attached hydrogen (secondary N) is 1. The van der Waals surface area contributed by atoms with Gasteiger partial charge in [-0.3, -0.25) is 14.5 Å². The van der Waals surface area contributed by atoms with Gasteiger partial charge in [0, 0.05) is 26.2 Å². The Bertz CT molecular complexity index is 882. The van der Waals surface area contributed by atoms with Crippen molar-refractivity contribution in [1.29, 1.82) is 0 Å². The molecule has 1 aromatic rings. The predicted octanol–water partition coefficient (Wildman–Crippen LogP) is 1.23. The van der Waals surface area contributed by atoms with Crippen molar-refractivity contribution in [1.82, 2.24) is 15.1 Å². The minimum atomic E-state index is -0.490. The van der Waals surface area contributed by atoms with Gasteiger partial charge in [0.2, 0.25) is 5.76 Å². The van der Waals surface area contributed by atoms with E-state index in [2.05, 4.69) is 10.3 Å². The molecule has 30 heavy (non-hydrogen) atoms. The number of carbonyl (C=O) groups is 3. The number of fused-ring (bicyclic) bond motifs is 1. The van der Waals surface area contributed by atoms with Crippen molar-refractivity contribution in [2.45, 2.75) is 19.9 Å². The van der Waals surface area contributed by atoms with Crippen molar-refractivity contribution in [3.05, 3.63) is 41.8 Å². The van der Waals surface area contributed by atoms with Gasteiger partial charge >= 0.3 is 18.0 Å². The molecule has 10 nitrogen and oxygen atoms in total. The number of amidine groups is 1. The van der Waals surface area contributed by atoms with Crippen LogP contribution in [0.1, 0.15) is 18.9 Å². The molecule has 160 valence electrons. The minimum Gasteiger partial charge on any atom is -0.497 e. The Balaban J connectivity index is 1.56. The van der Waals surface area contributed by atoms with Crippen molar-refractivity contribution < 1.29 is 28.6 Å². The maximum absolute atomic E-state index is 12.5. The summed E-state index contributed by atoms with van der Waals surface area (Å²) in [5, 5.41) is 2.58. The van der Waals surface area contributed by atoms with Crippen LogP contribution >= 0.6 is 0 Å². The fraction of sp³-hybridized carbons (Fsp3) is 0.400. The van der Waals surface area contributed by atoms with E-state index in [1.807, 2.05) is 24.3 Å². The standard InChI is InChI=1S/C20H24N4O6/c1-3-29-17(25)7-8-21-18(26)16-13-24-10-9-23(19(27)22-20(24)30-16)12-14-5-4-6-15(11-14)28-2/h4-6,11,13H,3,7-10,12H2,1-2H3,(H,21,26). The summed E-state index contributed by atoms with van der Waals surface area (Å²) in [6, 6.07) is 7.07. The monoisotopic (exact) mass is 416 g/mol. The highest BCUT2D eigenvalue weighted by Gasteiger charge is 2.31. The zero-order valence-corrected chi connectivity index (χ0v) is 16.9. The summed E-state index contributed by atoms with van der Waals surface area (Å²) in [4.78, 5) is 43.3. The van der Waals surface area contributed by atoms with E-state index >= 15 is 0 Å². The van der Waals surface area contributed by atoms with E-state index in [9.17, 15) is 14.4 Å². The van der Waals surface area contributed by atoms with E-state index in [-0.39, 0.29) is 30.7 Å². The molecular formula is C20H24N4O6. The van der Waals surface area contributed by atoms with Gasteiger partial charge in [0.15, 0.2) is 0 Å². The normalized spacial score (nSPS) is 15.5. The molecule has 0 atom stereocenters. The molecular weight excluding hydrogens is 392 g/mol. The molecule has 0 aromatic heterocycles. The topological polar surface area (TPSA) is 110 Å². The summed E-state index contributed by atoms with van der Waals surface area (Å²) in [6.45, 7) is 3.34. The highest BCUT2D eigenvalue weighted by Crippen LogP contribution is 2.20. The van der Waals surface area contributed by atoms with Gasteiger partial charge < -0.3 is 24.4 Å². The van der Waals surface area contributed by atoms with E-state index in [1.54, 1.807) is 23.8 Å². The molecule has 1 N–H and O–H groups in total. The average molecular weight is 416 g/mol. The van der Waals surface area contributed by atoms with Crippen molar-refractivity contribution in [3.63, 3.8) is 0 Å². The summed E-state index contributed by atoms with van der Waals surface area (Å²) in [7, 11) is 1.59. The number of nitrogens with zero attached hydrogens (tertiary/aromatic N) is 3. The number of ether oxygens (including phenoxy) is 3. The number of rotatable bonds is 8. The summed E-state index contributed by atoms with van der Waals surface area (Å²) in [6.07, 6.45) is 1.57. The molecule has 0 unspecified atom stereocenters. The lowest BCUT2D eigenvalue weighted by Gasteiger charge is -2.19. The van der Waals surface area contributed by atoms with Crippen LogP contribution in [-0.2, 0) is 25.6 Å². The van der Waals surface area contributed by atoms with E-state index in [1.165, 1.54) is 6.20 Å². The number of methoxy groups -OCH3 is 1. The van der Waals surface area contributed by atoms with Gasteiger partial charge in [0.25, 0.3) is 5.91 Å². The SMILES string of the molecule is CCOC(=O)CCNC(=O)C1=CN2CCN(Cc3cccc(OC)c3)C(=O)N=C2O1. The van der Waals surface area contributed by atoms with E-state index in [0.717, 1.165) is 5.56 Å². The van der Waals surface area contributed by atoms with Crippen molar-refractivity contribution in [2.75, 3.05) is 33.4 Å². The maximum atomic E-state index is 12.5. The third kappa shape index (κ3) is 5.28. The van der Waals surface area contributed by atoms with Gasteiger partial charge in [-0.2, -0.15) is 0 Å². The van der Waals surface area contributed by atoms with Crippen LogP contribution in [0.15, 0.2) is 41.2 Å². The number of hydrogen-bond acceptors (Lipinski definition) is 7. The smallest absolute Gasteiger partial charge is 0.348 e. The number of aliphatic imine (C=N–C) groups is 1. The van der Waals surface area contributed by atoms with Crippen LogP contribution in [0.5, 0.6) is 5.75 Å². The summed E-state index contributed by atoms with van der Waals surface area (Å²) >= 11 is 0. The highest BCUT2D eigenvalue weighted by molar-refractivity contribution is 6.00. The zero-order valence-electron chi connectivity index (χ0n) is 16.9. The van der Waals surface area contributed by atoms with Crippen LogP contribution in [-0.4, -0.2) is 67.1 Å². The second kappa shape index (κ2) is 9.77. The maximum Gasteiger partial charge on any atom is 0.348 e. The fourth-order valence-electron chi connectivity index (χ4n) is 2.95. The van der Waals surface area contributed by atoms with Crippen LogP contribution in [0.25, 0.3) is 0 Å². The Morgan fingerprint density at radius 3 is 2.90 bits per heavy atom. The molecule has 0 spiro atoms. The third-order valence-electron chi connectivity index (χ3n) is 4.44. The molecule has 3 rings (SSSR count). The molecule has 0 bridgehead atoms. The molecule has 2 aliphatic heterocycles. The van der Waals surface area contributed by atoms with Crippen molar-refractivity contribution in [2.24, 2.45) is 4.99 Å². The molecule has 0 aliphatic carbocycles. The molecule has 2 heterocycles. The number of esters is 1. The van der Waals surface area contributed by atoms with Gasteiger partial charge in [-0.05, 0) is 24.6 Å². The second-order valence-corrected chi connectivity index (χ2v) is 6.55. The molecule has 0 saturated carbocycles. The van der Waals surface area contributed by atoms with E-state index in [0.29, 0.717) is 32.0 Å². The van der Waals surface area contributed by atoms with Crippen LogP contribution in [0.4, 0.5) is 4.79 Å². The lowest BCUT2D eigenvalue weighted by Crippen LogP contribution is -2.32. The van der Waals surface area contributed by atoms with Crippen LogP contribution in [0, 0.1) is 0 Å². The van der Waals surface area contributed by atoms with E-state index in [4.69, 9.17) is 14.2 Å². The Kier molecular flexibility index (Phi) is 6.89. The first-order chi connectivity index (χ1) is 14.5. The Hall–Kier alpha value is -3.56. The molecule has 2 aliphatic rings. The zero-order chi connectivity index (χ0) is 21.5. The lowest BCUT2D eigenvalue weighted by molar-refractivity contribution is -0.143. The Morgan fingerprint density at radius 2 is 2.13 bits per heavy atom. The fourth-order valence-corrected chi connectivity index (χ4v) is 2.95. The first-order valence-electron chi connectivity index (χ1n) is 9.60. The van der Waals surface area contributed by atoms with Gasteiger partial charge in [0.1, 0.15) is 5.75 Å². The largest absolute Gasteiger partial charge is 0.497 e. The van der Waals surface area contributed by atoms with Crippen LogP contribution in [0.2, 0.25) is 0 Å². The van der Waals surface area contributed by atoms with Gasteiger partial charge in [-0.1, -0.05) is 12.1 Å². The molecule has 1 aromatic carbocycles. The number of amides is 3. The quantitative estimate of drug-likeness (QED) is 0.635. The number of carbonyl (C=O) groups excluding carboxylic acids is 3. The second-order valence-electron chi connectivity index (χ2n) is 6.55. The molecule has 0 radical (unpaired) electrons. The molecule has 0 saturated heterocycles. The van der Waals surface area contributed by atoms with Gasteiger partial charge in [0.05, 0.1) is 26.3 Å². The summed E-state index contributed by atoms with van der Waals surface area (Å²) in [5.41, 5.74) is 0.920. The first-order valence-corrected chi connectivity index (χ1v) is 9.60. The number of urea groups is 1. The Labute approximate surface area is 174 Å². The minimum absolute atomic E-state index is 0.0201. The van der Waals surface area contributed by atoms with Gasteiger partial charge in [-0.25, -0.2) is 4.79 Å². The summed E-state index contributed by atoms with van der Waals surface area (Å²) < 4.78 is 15.5. The van der Waals surface area contributed by atoms with Gasteiger partial charge in [-0.15, -0.1) is 4.99 Å². The molecule has 0 fully saturated rings. The summed E-state index contributed by atoms with van der Waals surface area (Å²) in [5.74, 6) is -0.145. The van der Waals surface area contributed by atoms with Crippen LogP contribution in [0.3, 0.4) is 0 Å². The lowest BCUT2D eigenvalue weighted by atomic mass is 10.2. The Morgan fingerprint density at radius 1 is 1.30 bits per heavy atom. The van der Waals surface area contributed by atoms with Crippen molar-refractivity contribution >= 4 is 23.9 Å². The van der Waals surface area contributed by atoms with E-state index < -0.39 is 11.9 Å². The third-order valence-corrected chi connectivity index (χ3v) is 4.44. The molecule has 3 amide bonds. The number of benzene rings is 1. The van der Waals surface area contributed by atoms with Crippen LogP contribution < -0.4 is 10.1 Å². The molecule has 10 heteroatoms. The predicted molar refractivity (Wildman–Crippen MR) is 106 cm³/mol. The average Bonchev–Trinajstić information content (AvgIpc) is 3.07.